The van der Waals surface area contributed by atoms with Crippen LogP contribution in [0, 0.1) is 0 Å². The van der Waals surface area contributed by atoms with Crippen LogP contribution in [0.3, 0.4) is 0 Å². The number of carbonyl (C=O) groups is 1. The highest BCUT2D eigenvalue weighted by Gasteiger charge is 2.16. The average molecular weight is 286 g/mol. The van der Waals surface area contributed by atoms with E-state index in [1.807, 2.05) is 19.2 Å². The molecule has 1 aromatic heterocycles. The van der Waals surface area contributed by atoms with Gasteiger partial charge in [0.25, 0.3) is 11.5 Å². The predicted octanol–water partition coefficient (Wildman–Crippen LogP) is 0.851. The zero-order valence-electron chi connectivity index (χ0n) is 11.4. The molecule has 1 aliphatic rings. The highest BCUT2D eigenvalue weighted by molar-refractivity contribution is 6.03. The third kappa shape index (κ3) is 2.71. The fourth-order valence-electron chi connectivity index (χ4n) is 2.09. The summed E-state index contributed by atoms with van der Waals surface area (Å²) in [7, 11) is 1.97. The summed E-state index contributed by atoms with van der Waals surface area (Å²) < 4.78 is 5.55. The molecule has 2 N–H and O–H groups in total. The number of hydrogen-bond donors (Lipinski definition) is 2. The number of ether oxygens (including phenoxy) is 1. The second-order valence-corrected chi connectivity index (χ2v) is 4.71. The third-order valence-electron chi connectivity index (χ3n) is 3.22. The molecule has 2 heterocycles. The number of aromatic amines is 1. The van der Waals surface area contributed by atoms with Gasteiger partial charge in [-0.05, 0) is 24.3 Å². The number of hydrogen-bond acceptors (Lipinski definition) is 5. The van der Waals surface area contributed by atoms with Crippen molar-refractivity contribution in [3.8, 4) is 5.75 Å². The van der Waals surface area contributed by atoms with E-state index >= 15 is 0 Å². The molecule has 0 atom stereocenters. The first kappa shape index (κ1) is 13.2. The Bertz CT molecular complexity index is 721. The minimum absolute atomic E-state index is 0.150. The number of amides is 1. The van der Waals surface area contributed by atoms with Crippen molar-refractivity contribution in [1.29, 1.82) is 0 Å². The van der Waals surface area contributed by atoms with Gasteiger partial charge in [-0.25, -0.2) is 5.10 Å². The summed E-state index contributed by atoms with van der Waals surface area (Å²) in [6, 6.07) is 8.07. The average Bonchev–Trinajstić information content (AvgIpc) is 2.49. The molecule has 0 saturated carbocycles. The predicted molar refractivity (Wildman–Crippen MR) is 78.0 cm³/mol. The Balaban J connectivity index is 1.82. The second kappa shape index (κ2) is 5.28. The van der Waals surface area contributed by atoms with E-state index in [-0.39, 0.29) is 17.2 Å². The summed E-state index contributed by atoms with van der Waals surface area (Å²) >= 11 is 0. The molecule has 108 valence electrons. The van der Waals surface area contributed by atoms with Gasteiger partial charge in [-0.2, -0.15) is 5.10 Å². The smallest absolute Gasteiger partial charge is 0.276 e. The molecule has 0 radical (unpaired) electrons. The van der Waals surface area contributed by atoms with Crippen LogP contribution in [0.2, 0.25) is 0 Å². The molecule has 0 fully saturated rings. The fourth-order valence-corrected chi connectivity index (χ4v) is 2.09. The molecule has 7 heteroatoms. The molecule has 1 aliphatic heterocycles. The van der Waals surface area contributed by atoms with Gasteiger partial charge in [0.15, 0.2) is 0 Å². The number of H-pyrrole nitrogens is 1. The molecule has 3 rings (SSSR count). The topological polar surface area (TPSA) is 87.3 Å². The molecule has 0 saturated heterocycles. The number of benzene rings is 1. The minimum Gasteiger partial charge on any atom is -0.490 e. The maximum atomic E-state index is 12.0. The van der Waals surface area contributed by atoms with E-state index in [2.05, 4.69) is 20.4 Å². The first-order chi connectivity index (χ1) is 10.1. The van der Waals surface area contributed by atoms with Crippen molar-refractivity contribution in [3.05, 3.63) is 46.4 Å². The van der Waals surface area contributed by atoms with E-state index in [0.717, 1.165) is 18.0 Å². The molecular weight excluding hydrogens is 272 g/mol. The summed E-state index contributed by atoms with van der Waals surface area (Å²) in [5.41, 5.74) is 1.37. The molecule has 0 spiro atoms. The van der Waals surface area contributed by atoms with Crippen LogP contribution in [0.4, 0.5) is 11.4 Å². The summed E-state index contributed by atoms with van der Waals surface area (Å²) in [5, 5.41) is 8.66. The lowest BCUT2D eigenvalue weighted by atomic mass is 10.2. The Labute approximate surface area is 120 Å². The van der Waals surface area contributed by atoms with Crippen molar-refractivity contribution in [1.82, 2.24) is 10.2 Å². The first-order valence-corrected chi connectivity index (χ1v) is 6.48. The van der Waals surface area contributed by atoms with Crippen LogP contribution in [0.25, 0.3) is 0 Å². The van der Waals surface area contributed by atoms with Crippen molar-refractivity contribution in [2.45, 2.75) is 0 Å². The molecule has 1 amide bonds. The Morgan fingerprint density at radius 3 is 3.00 bits per heavy atom. The van der Waals surface area contributed by atoms with Crippen molar-refractivity contribution in [2.24, 2.45) is 0 Å². The van der Waals surface area contributed by atoms with Gasteiger partial charge in [-0.1, -0.05) is 0 Å². The second-order valence-electron chi connectivity index (χ2n) is 4.71. The van der Waals surface area contributed by atoms with Gasteiger partial charge in [-0.15, -0.1) is 0 Å². The largest absolute Gasteiger partial charge is 0.490 e. The quantitative estimate of drug-likeness (QED) is 0.854. The summed E-state index contributed by atoms with van der Waals surface area (Å²) in [6.07, 6.45) is 0. The number of nitrogens with one attached hydrogen (secondary N) is 2. The molecule has 0 aliphatic carbocycles. The van der Waals surface area contributed by atoms with Crippen LogP contribution in [0.15, 0.2) is 35.1 Å². The van der Waals surface area contributed by atoms with E-state index in [4.69, 9.17) is 4.74 Å². The standard InChI is InChI=1S/C14H14N4O3/c1-18-6-7-21-12-4-2-9(8-11(12)18)15-14(20)10-3-5-13(19)17-16-10/h2-5,8H,6-7H2,1H3,(H,15,20)(H,17,19). The van der Waals surface area contributed by atoms with Gasteiger partial charge in [0, 0.05) is 18.8 Å². The highest BCUT2D eigenvalue weighted by atomic mass is 16.5. The number of rotatable bonds is 2. The van der Waals surface area contributed by atoms with Gasteiger partial charge in [-0.3, -0.25) is 9.59 Å². The van der Waals surface area contributed by atoms with Crippen LogP contribution >= 0.6 is 0 Å². The number of fused-ring (bicyclic) bond motifs is 1. The summed E-state index contributed by atoms with van der Waals surface area (Å²) in [5.74, 6) is 0.412. The van der Waals surface area contributed by atoms with Crippen molar-refractivity contribution >= 4 is 17.3 Å². The molecule has 2 aromatic rings. The Hall–Kier alpha value is -2.83. The highest BCUT2D eigenvalue weighted by Crippen LogP contribution is 2.33. The van der Waals surface area contributed by atoms with E-state index < -0.39 is 0 Å². The molecular formula is C14H14N4O3. The van der Waals surface area contributed by atoms with E-state index in [0.29, 0.717) is 12.3 Å². The minimum atomic E-state index is -0.384. The first-order valence-electron chi connectivity index (χ1n) is 6.48. The van der Waals surface area contributed by atoms with Gasteiger partial charge in [0.1, 0.15) is 18.1 Å². The summed E-state index contributed by atoms with van der Waals surface area (Å²) in [4.78, 5) is 25.0. The van der Waals surface area contributed by atoms with Crippen LogP contribution in [-0.2, 0) is 0 Å². The van der Waals surface area contributed by atoms with Crippen molar-refractivity contribution < 1.29 is 9.53 Å². The van der Waals surface area contributed by atoms with Crippen molar-refractivity contribution in [3.63, 3.8) is 0 Å². The van der Waals surface area contributed by atoms with E-state index in [1.54, 1.807) is 6.07 Å². The monoisotopic (exact) mass is 286 g/mol. The Kier molecular flexibility index (Phi) is 3.31. The maximum Gasteiger partial charge on any atom is 0.276 e. The fraction of sp³-hybridized carbons (Fsp3) is 0.214. The van der Waals surface area contributed by atoms with Gasteiger partial charge < -0.3 is 15.0 Å². The number of carbonyl (C=O) groups excluding carboxylic acids is 1. The van der Waals surface area contributed by atoms with E-state index in [1.165, 1.54) is 12.1 Å². The van der Waals surface area contributed by atoms with Crippen LogP contribution in [0.1, 0.15) is 10.5 Å². The molecule has 1 aromatic carbocycles. The van der Waals surface area contributed by atoms with Crippen LogP contribution < -0.4 is 20.5 Å². The van der Waals surface area contributed by atoms with E-state index in [9.17, 15) is 9.59 Å². The number of anilines is 2. The summed E-state index contributed by atoms with van der Waals surface area (Å²) in [6.45, 7) is 1.45. The maximum absolute atomic E-state index is 12.0. The molecule has 7 nitrogen and oxygen atoms in total. The zero-order chi connectivity index (χ0) is 14.8. The SMILES string of the molecule is CN1CCOc2ccc(NC(=O)c3ccc(=O)[nH]n3)cc21. The Morgan fingerprint density at radius 1 is 1.38 bits per heavy atom. The molecule has 0 bridgehead atoms. The lowest BCUT2D eigenvalue weighted by Gasteiger charge is -2.28. The number of likely N-dealkylation sites (N-methyl/N-ethyl adjacent to an activating group) is 1. The molecule has 21 heavy (non-hydrogen) atoms. The third-order valence-corrected chi connectivity index (χ3v) is 3.22. The van der Waals surface area contributed by atoms with Crippen LogP contribution in [-0.4, -0.2) is 36.3 Å². The Morgan fingerprint density at radius 2 is 2.24 bits per heavy atom. The normalized spacial score (nSPS) is 13.3. The van der Waals surface area contributed by atoms with Crippen LogP contribution in [0.5, 0.6) is 5.75 Å². The van der Waals surface area contributed by atoms with Gasteiger partial charge in [0.05, 0.1) is 12.2 Å². The number of nitrogens with zero attached hydrogens (tertiary/aromatic N) is 2. The van der Waals surface area contributed by atoms with Crippen molar-refractivity contribution in [2.75, 3.05) is 30.4 Å². The van der Waals surface area contributed by atoms with Gasteiger partial charge >= 0.3 is 0 Å². The molecule has 0 unspecified atom stereocenters. The lowest BCUT2D eigenvalue weighted by Crippen LogP contribution is -2.28. The van der Waals surface area contributed by atoms with Gasteiger partial charge in [0.2, 0.25) is 0 Å². The zero-order valence-corrected chi connectivity index (χ0v) is 11.4. The number of aromatic nitrogens is 2. The lowest BCUT2D eigenvalue weighted by molar-refractivity contribution is 0.102.